The van der Waals surface area contributed by atoms with Crippen LogP contribution in [0, 0.1) is 0 Å². The fourth-order valence-electron chi connectivity index (χ4n) is 2.66. The molecule has 0 saturated carbocycles. The highest BCUT2D eigenvalue weighted by Gasteiger charge is 2.31. The molecule has 1 fully saturated rings. The van der Waals surface area contributed by atoms with E-state index in [0.717, 1.165) is 4.90 Å². The van der Waals surface area contributed by atoms with Crippen LogP contribution in [0.5, 0.6) is 0 Å². The minimum Gasteiger partial charge on any atom is -0.438 e. The molecule has 0 spiro atoms. The summed E-state index contributed by atoms with van der Waals surface area (Å²) in [6, 6.07) is 8.58. The Morgan fingerprint density at radius 1 is 1.07 bits per heavy atom. The lowest BCUT2D eigenvalue weighted by Crippen LogP contribution is -2.40. The van der Waals surface area contributed by atoms with Gasteiger partial charge >= 0.3 is 5.91 Å². The smallest absolute Gasteiger partial charge is 0.300 e. The van der Waals surface area contributed by atoms with Gasteiger partial charge in [-0.3, -0.25) is 9.59 Å². The molecule has 1 aliphatic heterocycles. The van der Waals surface area contributed by atoms with Crippen molar-refractivity contribution >= 4 is 33.2 Å². The molecule has 0 bridgehead atoms. The number of rotatable bonds is 4. The Kier molecular flexibility index (Phi) is 5.31. The summed E-state index contributed by atoms with van der Waals surface area (Å²) < 4.78 is 36.9. The van der Waals surface area contributed by atoms with Crippen molar-refractivity contribution < 1.29 is 27.2 Å². The first-order chi connectivity index (χ1) is 12.8. The molecule has 144 valence electrons. The second kappa shape index (κ2) is 7.51. The Morgan fingerprint density at radius 2 is 1.70 bits per heavy atom. The Bertz CT molecular complexity index is 945. The van der Waals surface area contributed by atoms with Gasteiger partial charge in [0.05, 0.1) is 18.9 Å². The van der Waals surface area contributed by atoms with E-state index in [-0.39, 0.29) is 23.9 Å². The van der Waals surface area contributed by atoms with Gasteiger partial charge in [-0.15, -0.1) is 0 Å². The molecule has 2 aromatic rings. The molecule has 1 aliphatic rings. The van der Waals surface area contributed by atoms with Gasteiger partial charge in [-0.2, -0.15) is 4.31 Å². The van der Waals surface area contributed by atoms with Crippen LogP contribution in [0.2, 0.25) is 0 Å². The average molecular weight is 393 g/mol. The highest BCUT2D eigenvalue weighted by molar-refractivity contribution is 7.89. The van der Waals surface area contributed by atoms with Gasteiger partial charge in [0.2, 0.25) is 11.0 Å². The van der Waals surface area contributed by atoms with Crippen molar-refractivity contribution in [2.75, 3.05) is 36.9 Å². The molecule has 0 aliphatic carbocycles. The molecule has 2 heterocycles. The van der Waals surface area contributed by atoms with Gasteiger partial charge in [-0.1, -0.05) is 0 Å². The normalized spacial score (nSPS) is 15.4. The Balaban J connectivity index is 1.88. The van der Waals surface area contributed by atoms with E-state index in [1.807, 2.05) is 0 Å². The second-order valence-corrected chi connectivity index (χ2v) is 7.76. The zero-order chi connectivity index (χ0) is 19.6. The topological polar surface area (TPSA) is 123 Å². The number of carbonyl (C=O) groups excluding carboxylic acids is 2. The molecule has 1 aromatic heterocycles. The number of sulfonamides is 1. The number of ether oxygens (including phenoxy) is 1. The monoisotopic (exact) mass is 393 g/mol. The zero-order valence-electron chi connectivity index (χ0n) is 14.6. The van der Waals surface area contributed by atoms with E-state index in [1.165, 1.54) is 35.5 Å². The summed E-state index contributed by atoms with van der Waals surface area (Å²) in [6.07, 6.45) is 0. The summed E-state index contributed by atoms with van der Waals surface area (Å²) in [5, 5.41) is -0.353. The Morgan fingerprint density at radius 3 is 2.30 bits per heavy atom. The van der Waals surface area contributed by atoms with Gasteiger partial charge < -0.3 is 14.9 Å². The summed E-state index contributed by atoms with van der Waals surface area (Å²) in [6.45, 7) is 2.22. The highest BCUT2D eigenvalue weighted by atomic mass is 32.2. The number of hydrogen-bond donors (Lipinski definition) is 1. The summed E-state index contributed by atoms with van der Waals surface area (Å²) >= 11 is 0. The van der Waals surface area contributed by atoms with Crippen LogP contribution < -0.4 is 10.6 Å². The molecule has 9 nitrogen and oxygen atoms in total. The van der Waals surface area contributed by atoms with Gasteiger partial charge in [0.25, 0.3) is 10.0 Å². The van der Waals surface area contributed by atoms with E-state index in [2.05, 4.69) is 0 Å². The van der Waals surface area contributed by atoms with Crippen LogP contribution in [0.4, 0.5) is 11.4 Å². The Labute approximate surface area is 156 Å². The van der Waals surface area contributed by atoms with Crippen molar-refractivity contribution in [3.8, 4) is 0 Å². The maximum Gasteiger partial charge on any atom is 0.300 e. The first kappa shape index (κ1) is 19.1. The van der Waals surface area contributed by atoms with Gasteiger partial charge in [0.15, 0.2) is 5.76 Å². The molecule has 1 saturated heterocycles. The lowest BCUT2D eigenvalue weighted by Gasteiger charge is -2.24. The maximum absolute atomic E-state index is 12.7. The number of carbonyl (C=O) groups is 2. The SMILES string of the molecule is CC(=O)N(C(=O)c1ccc(S(=O)(=O)N2CCOCC2)o1)c1ccc(N)cc1. The van der Waals surface area contributed by atoms with Gasteiger partial charge in [-0.05, 0) is 36.4 Å². The maximum atomic E-state index is 12.7. The summed E-state index contributed by atoms with van der Waals surface area (Å²) in [7, 11) is -3.88. The molecule has 3 rings (SSSR count). The number of imide groups is 1. The van der Waals surface area contributed by atoms with Gasteiger partial charge in [0, 0.05) is 25.7 Å². The van der Waals surface area contributed by atoms with Crippen LogP contribution in [0.3, 0.4) is 0 Å². The third kappa shape index (κ3) is 3.87. The minimum absolute atomic E-state index is 0.206. The third-order valence-corrected chi connectivity index (χ3v) is 5.80. The van der Waals surface area contributed by atoms with Crippen LogP contribution in [0.1, 0.15) is 17.5 Å². The van der Waals surface area contributed by atoms with Crippen LogP contribution >= 0.6 is 0 Å². The van der Waals surface area contributed by atoms with E-state index >= 15 is 0 Å². The number of nitrogen functional groups attached to an aromatic ring is 1. The third-order valence-electron chi connectivity index (χ3n) is 4.03. The van der Waals surface area contributed by atoms with Gasteiger partial charge in [-0.25, -0.2) is 13.3 Å². The lowest BCUT2D eigenvalue weighted by molar-refractivity contribution is -0.116. The van der Waals surface area contributed by atoms with Crippen molar-refractivity contribution in [1.82, 2.24) is 4.31 Å². The van der Waals surface area contributed by atoms with E-state index in [1.54, 1.807) is 12.1 Å². The minimum atomic E-state index is -3.88. The first-order valence-corrected chi connectivity index (χ1v) is 9.63. The largest absolute Gasteiger partial charge is 0.438 e. The van der Waals surface area contributed by atoms with E-state index in [0.29, 0.717) is 24.6 Å². The Hall–Kier alpha value is -2.69. The molecule has 2 amide bonds. The van der Waals surface area contributed by atoms with E-state index < -0.39 is 21.8 Å². The van der Waals surface area contributed by atoms with Crippen LogP contribution in [-0.2, 0) is 19.6 Å². The molecular weight excluding hydrogens is 374 g/mol. The zero-order valence-corrected chi connectivity index (χ0v) is 15.4. The number of amides is 2. The molecule has 0 atom stereocenters. The molecule has 2 N–H and O–H groups in total. The van der Waals surface area contributed by atoms with E-state index in [9.17, 15) is 18.0 Å². The van der Waals surface area contributed by atoms with Crippen molar-refractivity contribution in [3.63, 3.8) is 0 Å². The van der Waals surface area contributed by atoms with Gasteiger partial charge in [0.1, 0.15) is 0 Å². The fraction of sp³-hybridized carbons (Fsp3) is 0.294. The number of morpholine rings is 1. The number of hydrogen-bond acceptors (Lipinski definition) is 7. The quantitative estimate of drug-likeness (QED) is 0.771. The molecule has 10 heteroatoms. The molecule has 1 aromatic carbocycles. The predicted molar refractivity (Wildman–Crippen MR) is 96.6 cm³/mol. The number of benzene rings is 1. The predicted octanol–water partition coefficient (Wildman–Crippen LogP) is 1.08. The fourth-order valence-corrected chi connectivity index (χ4v) is 3.98. The summed E-state index contributed by atoms with van der Waals surface area (Å²) in [5.41, 5.74) is 6.40. The van der Waals surface area contributed by atoms with Crippen LogP contribution in [0.25, 0.3) is 0 Å². The summed E-state index contributed by atoms with van der Waals surface area (Å²) in [4.78, 5) is 25.6. The van der Waals surface area contributed by atoms with E-state index in [4.69, 9.17) is 14.9 Å². The summed E-state index contributed by atoms with van der Waals surface area (Å²) in [5.74, 6) is -1.57. The number of nitrogens with zero attached hydrogens (tertiary/aromatic N) is 2. The van der Waals surface area contributed by atoms with Crippen LogP contribution in [-0.4, -0.2) is 50.8 Å². The highest BCUT2D eigenvalue weighted by Crippen LogP contribution is 2.24. The average Bonchev–Trinajstić information content (AvgIpc) is 3.15. The van der Waals surface area contributed by atoms with Crippen molar-refractivity contribution in [1.29, 1.82) is 0 Å². The molecule has 27 heavy (non-hydrogen) atoms. The molecule has 0 radical (unpaired) electrons. The number of nitrogens with two attached hydrogens (primary N) is 1. The first-order valence-electron chi connectivity index (χ1n) is 8.19. The lowest BCUT2D eigenvalue weighted by atomic mass is 10.2. The number of anilines is 2. The van der Waals surface area contributed by atoms with Crippen LogP contribution in [0.15, 0.2) is 45.9 Å². The standard InChI is InChI=1S/C17H19N3O6S/c1-12(21)20(14-4-2-13(18)3-5-14)17(22)15-6-7-16(26-15)27(23,24)19-8-10-25-11-9-19/h2-7H,8-11,18H2,1H3. The molecular formula is C17H19N3O6S. The van der Waals surface area contributed by atoms with Crippen molar-refractivity contribution in [2.24, 2.45) is 0 Å². The number of furan rings is 1. The molecule has 0 unspecified atom stereocenters. The van der Waals surface area contributed by atoms with Crippen molar-refractivity contribution in [3.05, 3.63) is 42.2 Å². The second-order valence-electron chi connectivity index (χ2n) is 5.89. The van der Waals surface area contributed by atoms with Crippen molar-refractivity contribution in [2.45, 2.75) is 12.0 Å².